The molecule has 12 atom stereocenters. The normalized spacial score (nSPS) is 43.5. The van der Waals surface area contributed by atoms with Crippen LogP contribution in [0.3, 0.4) is 0 Å². The van der Waals surface area contributed by atoms with Crippen molar-refractivity contribution in [1.82, 2.24) is 0 Å². The summed E-state index contributed by atoms with van der Waals surface area (Å²) >= 11 is 0. The molecule has 4 fully saturated rings. The molecule has 1 amide bonds. The fraction of sp³-hybridized carbons (Fsp3) is 0.969. The lowest BCUT2D eigenvalue weighted by Crippen LogP contribution is -2.66. The SMILES string of the molecule is CC[C@H]1[C@@H](OCOC)[C@@H]2[C@H]([C@@H](OCOC)C[C@]3(C)[C@@H]([C@H](C)CCC(N)=O)CC[C@@H]23)[C@@]2(C)CC[C@@H](OCOC)C[C@@H]12. The molecule has 4 aliphatic carbocycles. The Labute approximate surface area is 242 Å². The number of nitrogens with two attached hydrogens (primary N) is 1. The van der Waals surface area contributed by atoms with Crippen molar-refractivity contribution in [3.05, 3.63) is 0 Å². The molecule has 0 saturated heterocycles. The molecule has 0 heterocycles. The van der Waals surface area contributed by atoms with Crippen LogP contribution in [0.4, 0.5) is 0 Å². The van der Waals surface area contributed by atoms with Gasteiger partial charge in [0.1, 0.15) is 20.4 Å². The van der Waals surface area contributed by atoms with Gasteiger partial charge in [0.05, 0.1) is 18.3 Å². The highest BCUT2D eigenvalue weighted by molar-refractivity contribution is 5.73. The van der Waals surface area contributed by atoms with Crippen molar-refractivity contribution in [1.29, 1.82) is 0 Å². The second-order valence-corrected chi connectivity index (χ2v) is 13.9. The second kappa shape index (κ2) is 13.7. The van der Waals surface area contributed by atoms with Crippen molar-refractivity contribution in [2.24, 2.45) is 58.0 Å². The molecular weight excluding hydrogens is 510 g/mol. The van der Waals surface area contributed by atoms with Gasteiger partial charge < -0.3 is 34.2 Å². The summed E-state index contributed by atoms with van der Waals surface area (Å²) in [5.74, 6) is 2.95. The Morgan fingerprint density at radius 3 is 2.25 bits per heavy atom. The number of fused-ring (bicyclic) bond motifs is 5. The van der Waals surface area contributed by atoms with Crippen LogP contribution in [0.25, 0.3) is 0 Å². The Hall–Kier alpha value is -0.770. The summed E-state index contributed by atoms with van der Waals surface area (Å²) in [6.45, 7) is 10.7. The predicted octanol–water partition coefficient (Wildman–Crippen LogP) is 5.37. The molecule has 0 unspecified atom stereocenters. The first kappa shape index (κ1) is 32.2. The minimum absolute atomic E-state index is 0.0885. The van der Waals surface area contributed by atoms with Crippen molar-refractivity contribution >= 4 is 5.91 Å². The van der Waals surface area contributed by atoms with Gasteiger partial charge in [-0.05, 0) is 97.2 Å². The molecule has 4 aliphatic rings. The number of carbonyl (C=O) groups excluding carboxylic acids is 1. The van der Waals surface area contributed by atoms with Crippen LogP contribution in [0.15, 0.2) is 0 Å². The maximum Gasteiger partial charge on any atom is 0.217 e. The molecule has 0 spiro atoms. The number of primary amides is 1. The first-order valence-electron chi connectivity index (χ1n) is 15.8. The van der Waals surface area contributed by atoms with E-state index in [0.29, 0.717) is 68.2 Å². The molecule has 2 N–H and O–H groups in total. The van der Waals surface area contributed by atoms with Crippen molar-refractivity contribution in [2.45, 2.75) is 104 Å². The van der Waals surface area contributed by atoms with Gasteiger partial charge in [0.15, 0.2) is 0 Å². The number of hydrogen-bond acceptors (Lipinski definition) is 7. The molecule has 8 heteroatoms. The standard InChI is InChI=1S/C32H57NO7/c1-8-22-25-15-21(38-17-35-5)13-14-31(25,3)29-26(39-18-36-6)16-32(4)23(20(2)9-12-27(33)34)10-11-24(32)28(29)30(22)40-19-37-7/h20-26,28-30H,8-19H2,1-7H3,(H2,33,34)/t20-,21-,22-,23-,24+,25+,26+,28+,29+,30-,31+,32-/m1/s1. The van der Waals surface area contributed by atoms with Crippen molar-refractivity contribution in [3.63, 3.8) is 0 Å². The third kappa shape index (κ3) is 6.00. The summed E-state index contributed by atoms with van der Waals surface area (Å²) in [6, 6.07) is 0. The van der Waals surface area contributed by atoms with E-state index in [1.165, 1.54) is 12.8 Å². The fourth-order valence-electron chi connectivity index (χ4n) is 10.5. The average molecular weight is 568 g/mol. The topological polar surface area (TPSA) is 98.5 Å². The van der Waals surface area contributed by atoms with Crippen LogP contribution in [0, 0.1) is 52.3 Å². The van der Waals surface area contributed by atoms with Gasteiger partial charge in [-0.2, -0.15) is 0 Å². The summed E-state index contributed by atoms with van der Waals surface area (Å²) < 4.78 is 35.9. The zero-order valence-electron chi connectivity index (χ0n) is 26.2. The second-order valence-electron chi connectivity index (χ2n) is 13.9. The van der Waals surface area contributed by atoms with Crippen LogP contribution in [0.5, 0.6) is 0 Å². The maximum atomic E-state index is 11.6. The largest absolute Gasteiger partial charge is 0.370 e. The van der Waals surface area contributed by atoms with Gasteiger partial charge in [-0.25, -0.2) is 0 Å². The molecule has 40 heavy (non-hydrogen) atoms. The van der Waals surface area contributed by atoms with Gasteiger partial charge in [-0.3, -0.25) is 4.79 Å². The summed E-state index contributed by atoms with van der Waals surface area (Å²) in [4.78, 5) is 11.6. The van der Waals surface area contributed by atoms with E-state index in [9.17, 15) is 4.79 Å². The van der Waals surface area contributed by atoms with Gasteiger partial charge in [-0.1, -0.05) is 34.1 Å². The smallest absolute Gasteiger partial charge is 0.217 e. The highest BCUT2D eigenvalue weighted by Crippen LogP contribution is 2.70. The van der Waals surface area contributed by atoms with Crippen molar-refractivity contribution in [3.8, 4) is 0 Å². The third-order valence-electron chi connectivity index (χ3n) is 12.1. The van der Waals surface area contributed by atoms with E-state index in [-0.39, 0.29) is 35.0 Å². The fourth-order valence-corrected chi connectivity index (χ4v) is 10.5. The molecule has 8 nitrogen and oxygen atoms in total. The van der Waals surface area contributed by atoms with E-state index in [0.717, 1.165) is 38.5 Å². The quantitative estimate of drug-likeness (QED) is 0.282. The first-order chi connectivity index (χ1) is 19.2. The van der Waals surface area contributed by atoms with E-state index >= 15 is 0 Å². The van der Waals surface area contributed by atoms with Crippen LogP contribution >= 0.6 is 0 Å². The average Bonchev–Trinajstić information content (AvgIpc) is 3.28. The first-order valence-corrected chi connectivity index (χ1v) is 15.8. The molecule has 232 valence electrons. The van der Waals surface area contributed by atoms with E-state index < -0.39 is 0 Å². The van der Waals surface area contributed by atoms with E-state index in [1.807, 2.05) is 0 Å². The molecule has 4 rings (SSSR count). The molecule has 0 aromatic rings. The Morgan fingerprint density at radius 1 is 0.925 bits per heavy atom. The summed E-state index contributed by atoms with van der Waals surface area (Å²) in [7, 11) is 5.14. The minimum Gasteiger partial charge on any atom is -0.370 e. The number of amides is 1. The van der Waals surface area contributed by atoms with Gasteiger partial charge in [0, 0.05) is 27.8 Å². The molecule has 0 radical (unpaired) electrons. The molecule has 0 aromatic carbocycles. The Kier molecular flexibility index (Phi) is 11.0. The molecule has 0 aliphatic heterocycles. The Balaban J connectivity index is 1.74. The van der Waals surface area contributed by atoms with Gasteiger partial charge >= 0.3 is 0 Å². The van der Waals surface area contributed by atoms with E-state index in [2.05, 4.69) is 27.7 Å². The number of rotatable bonds is 14. The molecular formula is C32H57NO7. The lowest BCUT2D eigenvalue weighted by atomic mass is 9.40. The summed E-state index contributed by atoms with van der Waals surface area (Å²) in [5, 5.41) is 0. The highest BCUT2D eigenvalue weighted by Gasteiger charge is 2.68. The Morgan fingerprint density at radius 2 is 1.60 bits per heavy atom. The third-order valence-corrected chi connectivity index (χ3v) is 12.1. The highest BCUT2D eigenvalue weighted by atomic mass is 16.7. The molecule has 4 saturated carbocycles. The van der Waals surface area contributed by atoms with Gasteiger partial charge in [0.2, 0.25) is 5.91 Å². The summed E-state index contributed by atoms with van der Waals surface area (Å²) in [6.07, 6.45) is 9.38. The lowest BCUT2D eigenvalue weighted by Gasteiger charge is -2.67. The van der Waals surface area contributed by atoms with Crippen LogP contribution in [0.2, 0.25) is 0 Å². The predicted molar refractivity (Wildman–Crippen MR) is 153 cm³/mol. The van der Waals surface area contributed by atoms with Gasteiger partial charge in [-0.15, -0.1) is 0 Å². The summed E-state index contributed by atoms with van der Waals surface area (Å²) in [5.41, 5.74) is 5.79. The van der Waals surface area contributed by atoms with Crippen LogP contribution in [-0.4, -0.2) is 65.9 Å². The van der Waals surface area contributed by atoms with E-state index in [1.54, 1.807) is 21.3 Å². The molecule has 0 bridgehead atoms. The lowest BCUT2D eigenvalue weighted by molar-refractivity contribution is -0.275. The monoisotopic (exact) mass is 567 g/mol. The molecule has 0 aromatic heterocycles. The number of hydrogen-bond donors (Lipinski definition) is 1. The van der Waals surface area contributed by atoms with Crippen molar-refractivity contribution < 1.29 is 33.2 Å². The van der Waals surface area contributed by atoms with Crippen molar-refractivity contribution in [2.75, 3.05) is 41.7 Å². The van der Waals surface area contributed by atoms with Crippen LogP contribution in [-0.2, 0) is 33.2 Å². The van der Waals surface area contributed by atoms with Crippen LogP contribution in [0.1, 0.15) is 85.5 Å². The number of ether oxygens (including phenoxy) is 6. The zero-order valence-corrected chi connectivity index (χ0v) is 26.2. The number of methoxy groups -OCH3 is 3. The zero-order chi connectivity index (χ0) is 29.1. The Bertz CT molecular complexity index is 827. The maximum absolute atomic E-state index is 11.6. The minimum atomic E-state index is -0.202. The van der Waals surface area contributed by atoms with Crippen LogP contribution < -0.4 is 5.73 Å². The van der Waals surface area contributed by atoms with E-state index in [4.69, 9.17) is 34.2 Å². The number of carbonyl (C=O) groups is 1. The van der Waals surface area contributed by atoms with Gasteiger partial charge in [0.25, 0.3) is 0 Å².